The van der Waals surface area contributed by atoms with Gasteiger partial charge in [-0.1, -0.05) is 6.92 Å². The van der Waals surface area contributed by atoms with Crippen molar-refractivity contribution in [2.75, 3.05) is 17.2 Å². The molecule has 2 heterocycles. The molecule has 0 aliphatic heterocycles. The second-order valence-corrected chi connectivity index (χ2v) is 5.63. The molecule has 0 unspecified atom stereocenters. The summed E-state index contributed by atoms with van der Waals surface area (Å²) in [5, 5.41) is 10.1. The van der Waals surface area contributed by atoms with Gasteiger partial charge >= 0.3 is 0 Å². The van der Waals surface area contributed by atoms with Crippen LogP contribution < -0.4 is 10.6 Å². The van der Waals surface area contributed by atoms with Gasteiger partial charge in [-0.3, -0.25) is 4.98 Å². The van der Waals surface area contributed by atoms with E-state index in [9.17, 15) is 0 Å². The number of benzene rings is 1. The van der Waals surface area contributed by atoms with Gasteiger partial charge in [0.2, 0.25) is 0 Å². The summed E-state index contributed by atoms with van der Waals surface area (Å²) in [6.45, 7) is 3.12. The molecule has 0 amide bonds. The van der Waals surface area contributed by atoms with E-state index in [0.29, 0.717) is 0 Å². The third-order valence-corrected chi connectivity index (χ3v) is 3.96. The van der Waals surface area contributed by atoms with Crippen LogP contribution in [0.1, 0.15) is 13.3 Å². The van der Waals surface area contributed by atoms with E-state index >= 15 is 0 Å². The van der Waals surface area contributed by atoms with Gasteiger partial charge in [0.05, 0.1) is 23.8 Å². The Labute approximate surface area is 122 Å². The standard InChI is InChI=1S/C16H17N3S/c1-2-6-18-14-9-15(11-17-10-14)19-13-3-4-16-12(8-13)5-7-20-16/h3-5,7-11,18-19H,2,6H2,1H3. The van der Waals surface area contributed by atoms with Crippen LogP contribution in [0, 0.1) is 0 Å². The lowest BCUT2D eigenvalue weighted by molar-refractivity contribution is 0.978. The zero-order valence-corrected chi connectivity index (χ0v) is 12.2. The Kier molecular flexibility index (Phi) is 3.83. The normalized spacial score (nSPS) is 10.7. The van der Waals surface area contributed by atoms with Gasteiger partial charge in [0.15, 0.2) is 0 Å². The van der Waals surface area contributed by atoms with E-state index in [1.807, 2.05) is 12.4 Å². The Morgan fingerprint density at radius 1 is 1.05 bits per heavy atom. The first-order valence-electron chi connectivity index (χ1n) is 6.78. The van der Waals surface area contributed by atoms with Crippen molar-refractivity contribution in [1.82, 2.24) is 4.98 Å². The summed E-state index contributed by atoms with van der Waals surface area (Å²) < 4.78 is 1.31. The number of hydrogen-bond donors (Lipinski definition) is 2. The van der Waals surface area contributed by atoms with E-state index < -0.39 is 0 Å². The lowest BCUT2D eigenvalue weighted by Crippen LogP contribution is -2.00. The van der Waals surface area contributed by atoms with Crippen molar-refractivity contribution in [3.05, 3.63) is 48.1 Å². The summed E-state index contributed by atoms with van der Waals surface area (Å²) in [7, 11) is 0. The molecule has 102 valence electrons. The minimum absolute atomic E-state index is 0.964. The number of nitrogens with zero attached hydrogens (tertiary/aromatic N) is 1. The predicted octanol–water partition coefficient (Wildman–Crippen LogP) is 4.86. The largest absolute Gasteiger partial charge is 0.384 e. The average molecular weight is 283 g/mol. The lowest BCUT2D eigenvalue weighted by Gasteiger charge is -2.09. The monoisotopic (exact) mass is 283 g/mol. The Morgan fingerprint density at radius 2 is 1.95 bits per heavy atom. The minimum atomic E-state index is 0.964. The molecular weight excluding hydrogens is 266 g/mol. The van der Waals surface area contributed by atoms with Crippen molar-refractivity contribution >= 4 is 38.5 Å². The number of anilines is 3. The van der Waals surface area contributed by atoms with Gasteiger partial charge in [-0.15, -0.1) is 11.3 Å². The quantitative estimate of drug-likeness (QED) is 0.702. The molecule has 2 aromatic heterocycles. The van der Waals surface area contributed by atoms with Crippen LogP contribution in [0.2, 0.25) is 0 Å². The first kappa shape index (κ1) is 12.9. The number of thiophene rings is 1. The van der Waals surface area contributed by atoms with Gasteiger partial charge in [-0.25, -0.2) is 0 Å². The van der Waals surface area contributed by atoms with E-state index in [2.05, 4.69) is 58.3 Å². The molecule has 20 heavy (non-hydrogen) atoms. The van der Waals surface area contributed by atoms with Crippen molar-refractivity contribution in [2.45, 2.75) is 13.3 Å². The summed E-state index contributed by atoms with van der Waals surface area (Å²) in [5.41, 5.74) is 3.14. The van der Waals surface area contributed by atoms with E-state index in [0.717, 1.165) is 30.0 Å². The van der Waals surface area contributed by atoms with Crippen molar-refractivity contribution in [2.24, 2.45) is 0 Å². The third kappa shape index (κ3) is 2.91. The molecule has 3 aromatic rings. The molecule has 3 nitrogen and oxygen atoms in total. The first-order chi connectivity index (χ1) is 9.85. The number of fused-ring (bicyclic) bond motifs is 1. The van der Waals surface area contributed by atoms with Gasteiger partial charge < -0.3 is 10.6 Å². The molecule has 0 aliphatic carbocycles. The molecule has 0 spiro atoms. The molecule has 4 heteroatoms. The second kappa shape index (κ2) is 5.92. The zero-order valence-electron chi connectivity index (χ0n) is 11.4. The summed E-state index contributed by atoms with van der Waals surface area (Å²) >= 11 is 1.76. The number of aromatic nitrogens is 1. The highest BCUT2D eigenvalue weighted by Gasteiger charge is 2.00. The van der Waals surface area contributed by atoms with E-state index in [1.54, 1.807) is 11.3 Å². The average Bonchev–Trinajstić information content (AvgIpc) is 2.93. The molecule has 1 aromatic carbocycles. The SMILES string of the molecule is CCCNc1cncc(Nc2ccc3sccc3c2)c1. The van der Waals surface area contributed by atoms with Crippen LogP contribution in [0.25, 0.3) is 10.1 Å². The smallest absolute Gasteiger partial charge is 0.0591 e. The fourth-order valence-electron chi connectivity index (χ4n) is 2.09. The van der Waals surface area contributed by atoms with E-state index in [4.69, 9.17) is 0 Å². The summed E-state index contributed by atoms with van der Waals surface area (Å²) in [6.07, 6.45) is 4.80. The molecule has 3 rings (SSSR count). The fourth-order valence-corrected chi connectivity index (χ4v) is 2.86. The molecule has 0 fully saturated rings. The van der Waals surface area contributed by atoms with Crippen molar-refractivity contribution < 1.29 is 0 Å². The maximum Gasteiger partial charge on any atom is 0.0591 e. The molecular formula is C16H17N3S. The summed E-state index contributed by atoms with van der Waals surface area (Å²) in [5.74, 6) is 0. The van der Waals surface area contributed by atoms with Gasteiger partial charge in [0.1, 0.15) is 0 Å². The van der Waals surface area contributed by atoms with Crippen LogP contribution in [0.5, 0.6) is 0 Å². The fraction of sp³-hybridized carbons (Fsp3) is 0.188. The summed E-state index contributed by atoms with van der Waals surface area (Å²) in [6, 6.07) is 10.6. The molecule has 0 aliphatic rings. The highest BCUT2D eigenvalue weighted by atomic mass is 32.1. The maximum absolute atomic E-state index is 4.26. The summed E-state index contributed by atoms with van der Waals surface area (Å²) in [4.78, 5) is 4.26. The predicted molar refractivity (Wildman–Crippen MR) is 88.1 cm³/mol. The van der Waals surface area contributed by atoms with Crippen molar-refractivity contribution in [1.29, 1.82) is 0 Å². The number of pyridine rings is 1. The number of rotatable bonds is 5. The van der Waals surface area contributed by atoms with Crippen LogP contribution in [-0.2, 0) is 0 Å². The highest BCUT2D eigenvalue weighted by molar-refractivity contribution is 7.17. The highest BCUT2D eigenvalue weighted by Crippen LogP contribution is 2.26. The van der Waals surface area contributed by atoms with Gasteiger partial charge in [0.25, 0.3) is 0 Å². The maximum atomic E-state index is 4.26. The van der Waals surface area contributed by atoms with Crippen LogP contribution in [0.3, 0.4) is 0 Å². The lowest BCUT2D eigenvalue weighted by atomic mass is 10.2. The van der Waals surface area contributed by atoms with E-state index in [-0.39, 0.29) is 0 Å². The molecule has 0 bridgehead atoms. The number of nitrogens with one attached hydrogen (secondary N) is 2. The van der Waals surface area contributed by atoms with Crippen LogP contribution >= 0.6 is 11.3 Å². The first-order valence-corrected chi connectivity index (χ1v) is 7.66. The van der Waals surface area contributed by atoms with Gasteiger partial charge in [-0.2, -0.15) is 0 Å². The Bertz CT molecular complexity index is 706. The molecule has 0 saturated carbocycles. The van der Waals surface area contributed by atoms with Gasteiger partial charge in [-0.05, 0) is 47.5 Å². The number of hydrogen-bond acceptors (Lipinski definition) is 4. The zero-order chi connectivity index (χ0) is 13.8. The van der Waals surface area contributed by atoms with Crippen molar-refractivity contribution in [3.63, 3.8) is 0 Å². The van der Waals surface area contributed by atoms with Crippen LogP contribution in [0.15, 0.2) is 48.1 Å². The Morgan fingerprint density at radius 3 is 2.85 bits per heavy atom. The van der Waals surface area contributed by atoms with Gasteiger partial charge in [0, 0.05) is 16.9 Å². The van der Waals surface area contributed by atoms with Crippen LogP contribution in [-0.4, -0.2) is 11.5 Å². The van der Waals surface area contributed by atoms with Crippen molar-refractivity contribution in [3.8, 4) is 0 Å². The topological polar surface area (TPSA) is 37.0 Å². The molecule has 0 radical (unpaired) electrons. The second-order valence-electron chi connectivity index (χ2n) is 4.69. The molecule has 0 saturated heterocycles. The Balaban J connectivity index is 1.79. The minimum Gasteiger partial charge on any atom is -0.384 e. The molecule has 0 atom stereocenters. The van der Waals surface area contributed by atoms with E-state index in [1.165, 1.54) is 10.1 Å². The third-order valence-electron chi connectivity index (χ3n) is 3.06. The molecule has 2 N–H and O–H groups in total. The van der Waals surface area contributed by atoms with Crippen LogP contribution in [0.4, 0.5) is 17.1 Å². The Hall–Kier alpha value is -2.07.